The number of nitrogens with zero attached hydrogens (tertiary/aromatic N) is 3. The summed E-state index contributed by atoms with van der Waals surface area (Å²) >= 11 is 0. The number of nitrogens with one attached hydrogen (secondary N) is 1. The van der Waals surface area contributed by atoms with E-state index in [1.54, 1.807) is 12.5 Å². The van der Waals surface area contributed by atoms with E-state index in [0.29, 0.717) is 13.1 Å². The van der Waals surface area contributed by atoms with E-state index in [-0.39, 0.29) is 11.9 Å². The molecule has 0 aliphatic heterocycles. The van der Waals surface area contributed by atoms with Gasteiger partial charge in [-0.25, -0.2) is 4.98 Å². The number of aromatic nitrogens is 3. The summed E-state index contributed by atoms with van der Waals surface area (Å²) in [6.07, 6.45) is 9.17. The topological polar surface area (TPSA) is 51.9 Å². The van der Waals surface area contributed by atoms with Gasteiger partial charge in [-0.3, -0.25) is 4.79 Å². The van der Waals surface area contributed by atoms with Crippen LogP contribution >= 0.6 is 0 Å². The highest BCUT2D eigenvalue weighted by Gasteiger charge is 2.21. The predicted octanol–water partition coefficient (Wildman–Crippen LogP) is 2.09. The van der Waals surface area contributed by atoms with Crippen molar-refractivity contribution in [1.82, 2.24) is 19.4 Å². The molecule has 1 N–H and O–H groups in total. The monoisotopic (exact) mass is 294 g/mol. The largest absolute Gasteiger partial charge is 0.352 e. The molecule has 0 saturated heterocycles. The number of imidazole rings is 1. The molecule has 0 radical (unpaired) electrons. The fourth-order valence-electron chi connectivity index (χ4n) is 2.44. The molecule has 0 saturated carbocycles. The lowest BCUT2D eigenvalue weighted by molar-refractivity contribution is -0.123. The Hall–Kier alpha value is -2.82. The lowest BCUT2D eigenvalue weighted by Crippen LogP contribution is -2.34. The van der Waals surface area contributed by atoms with Crippen LogP contribution in [0.4, 0.5) is 0 Å². The second-order valence-corrected chi connectivity index (χ2v) is 5.04. The first-order chi connectivity index (χ1) is 10.8. The Kier molecular flexibility index (Phi) is 4.34. The number of amides is 1. The van der Waals surface area contributed by atoms with Crippen molar-refractivity contribution >= 4 is 5.91 Å². The van der Waals surface area contributed by atoms with Gasteiger partial charge in [0.05, 0.1) is 6.33 Å². The van der Waals surface area contributed by atoms with Crippen LogP contribution in [-0.2, 0) is 11.3 Å². The van der Waals surface area contributed by atoms with Crippen LogP contribution in [0.5, 0.6) is 0 Å². The van der Waals surface area contributed by atoms with Crippen molar-refractivity contribution in [1.29, 1.82) is 0 Å². The number of hydrogen-bond donors (Lipinski definition) is 1. The van der Waals surface area contributed by atoms with Crippen LogP contribution in [0.2, 0.25) is 0 Å². The van der Waals surface area contributed by atoms with Crippen LogP contribution in [0.3, 0.4) is 0 Å². The van der Waals surface area contributed by atoms with Gasteiger partial charge in [0.2, 0.25) is 5.91 Å². The minimum absolute atomic E-state index is 0.0116. The van der Waals surface area contributed by atoms with Crippen molar-refractivity contribution in [2.24, 2.45) is 0 Å². The number of carbonyl (C=O) groups is 1. The van der Waals surface area contributed by atoms with Gasteiger partial charge >= 0.3 is 0 Å². The van der Waals surface area contributed by atoms with Crippen LogP contribution in [0.25, 0.3) is 0 Å². The highest BCUT2D eigenvalue weighted by atomic mass is 16.2. The summed E-state index contributed by atoms with van der Waals surface area (Å²) in [7, 11) is 0. The Morgan fingerprint density at radius 2 is 1.86 bits per heavy atom. The van der Waals surface area contributed by atoms with Crippen molar-refractivity contribution in [3.8, 4) is 0 Å². The predicted molar refractivity (Wildman–Crippen MR) is 84.2 cm³/mol. The summed E-state index contributed by atoms with van der Waals surface area (Å²) in [5, 5.41) is 3.00. The molecule has 0 bridgehead atoms. The van der Waals surface area contributed by atoms with E-state index >= 15 is 0 Å². The zero-order valence-corrected chi connectivity index (χ0v) is 12.2. The summed E-state index contributed by atoms with van der Waals surface area (Å²) in [6.45, 7) is 1.28. The molecular weight excluding hydrogens is 276 g/mol. The van der Waals surface area contributed by atoms with Gasteiger partial charge in [0, 0.05) is 37.9 Å². The van der Waals surface area contributed by atoms with Crippen molar-refractivity contribution in [2.75, 3.05) is 6.54 Å². The SMILES string of the molecule is O=C(NCCn1ccnc1)[C@H](c1ccccc1)n1cccc1. The second-order valence-electron chi connectivity index (χ2n) is 5.04. The van der Waals surface area contributed by atoms with E-state index in [0.717, 1.165) is 5.56 Å². The first-order valence-corrected chi connectivity index (χ1v) is 7.25. The smallest absolute Gasteiger partial charge is 0.247 e. The van der Waals surface area contributed by atoms with E-state index in [2.05, 4.69) is 10.3 Å². The van der Waals surface area contributed by atoms with E-state index in [4.69, 9.17) is 0 Å². The maximum atomic E-state index is 12.6. The van der Waals surface area contributed by atoms with Gasteiger partial charge in [0.25, 0.3) is 0 Å². The molecule has 5 nitrogen and oxygen atoms in total. The Labute approximate surface area is 129 Å². The average molecular weight is 294 g/mol. The highest BCUT2D eigenvalue weighted by molar-refractivity contribution is 5.83. The molecule has 2 heterocycles. The van der Waals surface area contributed by atoms with Crippen molar-refractivity contribution < 1.29 is 4.79 Å². The number of hydrogen-bond acceptors (Lipinski definition) is 2. The first kappa shape index (κ1) is 14.1. The molecular formula is C17H18N4O. The Morgan fingerprint density at radius 1 is 1.09 bits per heavy atom. The summed E-state index contributed by atoms with van der Waals surface area (Å²) in [5.41, 5.74) is 0.971. The molecule has 22 heavy (non-hydrogen) atoms. The van der Waals surface area contributed by atoms with Gasteiger partial charge < -0.3 is 14.5 Å². The summed E-state index contributed by atoms with van der Waals surface area (Å²) in [6, 6.07) is 13.3. The molecule has 0 unspecified atom stereocenters. The van der Waals surface area contributed by atoms with Gasteiger partial charge in [0.15, 0.2) is 0 Å². The quantitative estimate of drug-likeness (QED) is 0.757. The zero-order chi connectivity index (χ0) is 15.2. The maximum absolute atomic E-state index is 12.6. The van der Waals surface area contributed by atoms with Gasteiger partial charge in [-0.1, -0.05) is 30.3 Å². The van der Waals surface area contributed by atoms with Gasteiger partial charge in [-0.05, 0) is 17.7 Å². The maximum Gasteiger partial charge on any atom is 0.247 e. The van der Waals surface area contributed by atoms with E-state index in [1.165, 1.54) is 0 Å². The minimum atomic E-state index is -0.348. The molecule has 0 spiro atoms. The Balaban J connectivity index is 1.70. The lowest BCUT2D eigenvalue weighted by Gasteiger charge is -2.19. The normalized spacial score (nSPS) is 12.0. The van der Waals surface area contributed by atoms with Crippen molar-refractivity contribution in [3.05, 3.63) is 79.1 Å². The second kappa shape index (κ2) is 6.76. The van der Waals surface area contributed by atoms with E-state index in [1.807, 2.05) is 70.2 Å². The molecule has 1 atom stereocenters. The van der Waals surface area contributed by atoms with Gasteiger partial charge in [-0.2, -0.15) is 0 Å². The first-order valence-electron chi connectivity index (χ1n) is 7.25. The van der Waals surface area contributed by atoms with Crippen molar-refractivity contribution in [3.63, 3.8) is 0 Å². The molecule has 3 aromatic rings. The van der Waals surface area contributed by atoms with E-state index < -0.39 is 0 Å². The van der Waals surface area contributed by atoms with Gasteiger partial charge in [0.1, 0.15) is 6.04 Å². The molecule has 112 valence electrons. The number of rotatable bonds is 6. The fraction of sp³-hybridized carbons (Fsp3) is 0.176. The minimum Gasteiger partial charge on any atom is -0.352 e. The molecule has 1 amide bonds. The standard InChI is InChI=1S/C17H18N4O/c22-17(19-9-13-20-12-8-18-14-20)16(21-10-4-5-11-21)15-6-2-1-3-7-15/h1-8,10-12,14,16H,9,13H2,(H,19,22)/t16-/m0/s1. The third-order valence-electron chi connectivity index (χ3n) is 3.52. The lowest BCUT2D eigenvalue weighted by atomic mass is 10.1. The zero-order valence-electron chi connectivity index (χ0n) is 12.2. The Bertz CT molecular complexity index is 690. The molecule has 5 heteroatoms. The van der Waals surface area contributed by atoms with Crippen molar-refractivity contribution in [2.45, 2.75) is 12.6 Å². The molecule has 0 aliphatic carbocycles. The van der Waals surface area contributed by atoms with Crippen LogP contribution in [0, 0.1) is 0 Å². The number of carbonyl (C=O) groups excluding carboxylic acids is 1. The molecule has 3 rings (SSSR count). The molecule has 1 aromatic carbocycles. The van der Waals surface area contributed by atoms with Gasteiger partial charge in [-0.15, -0.1) is 0 Å². The highest BCUT2D eigenvalue weighted by Crippen LogP contribution is 2.18. The molecule has 0 fully saturated rings. The third kappa shape index (κ3) is 3.25. The third-order valence-corrected chi connectivity index (χ3v) is 3.52. The van der Waals surface area contributed by atoms with Crippen LogP contribution in [0.1, 0.15) is 11.6 Å². The average Bonchev–Trinajstić information content (AvgIpc) is 3.22. The van der Waals surface area contributed by atoms with Crippen LogP contribution in [0.15, 0.2) is 73.6 Å². The summed E-state index contributed by atoms with van der Waals surface area (Å²) in [5.74, 6) is -0.0116. The van der Waals surface area contributed by atoms with E-state index in [9.17, 15) is 4.79 Å². The van der Waals surface area contributed by atoms with Crippen LogP contribution in [-0.4, -0.2) is 26.6 Å². The van der Waals surface area contributed by atoms with Crippen LogP contribution < -0.4 is 5.32 Å². The summed E-state index contributed by atoms with van der Waals surface area (Å²) in [4.78, 5) is 16.6. The Morgan fingerprint density at radius 3 is 2.55 bits per heavy atom. The summed E-state index contributed by atoms with van der Waals surface area (Å²) < 4.78 is 3.86. The number of benzene rings is 1. The molecule has 2 aromatic heterocycles. The fourth-order valence-corrected chi connectivity index (χ4v) is 2.44. The molecule has 0 aliphatic rings.